The number of hydrogen-bond donors (Lipinski definition) is 1. The zero-order valence-electron chi connectivity index (χ0n) is 12.3. The minimum atomic E-state index is -0.149. The van der Waals surface area contributed by atoms with Gasteiger partial charge in [-0.3, -0.25) is 4.79 Å². The third kappa shape index (κ3) is 2.81. The predicted octanol–water partition coefficient (Wildman–Crippen LogP) is 3.25. The number of rotatable bonds is 1. The molecule has 2 aromatic carbocycles. The third-order valence-corrected chi connectivity index (χ3v) is 4.44. The number of para-hydroxylation sites is 1. The highest BCUT2D eigenvalue weighted by atomic mass is 79.9. The number of aromatic hydroxyl groups is 1. The van der Waals surface area contributed by atoms with Crippen molar-refractivity contribution in [2.45, 2.75) is 6.54 Å². The third-order valence-electron chi connectivity index (χ3n) is 3.95. The fraction of sp³-hybridized carbons (Fsp3) is 0.235. The topological polar surface area (TPSA) is 43.8 Å². The Hall–Kier alpha value is -2.01. The van der Waals surface area contributed by atoms with E-state index in [0.717, 1.165) is 22.3 Å². The average Bonchev–Trinajstić information content (AvgIpc) is 2.69. The number of nitrogens with zero attached hydrogens (tertiary/aromatic N) is 2. The highest BCUT2D eigenvalue weighted by Crippen LogP contribution is 2.27. The molecule has 0 saturated heterocycles. The van der Waals surface area contributed by atoms with E-state index in [2.05, 4.69) is 26.9 Å². The second-order valence-electron chi connectivity index (χ2n) is 5.44. The van der Waals surface area contributed by atoms with E-state index < -0.39 is 0 Å². The number of hydrogen-bond acceptors (Lipinski definition) is 3. The highest BCUT2D eigenvalue weighted by Gasteiger charge is 2.23. The molecule has 0 unspecified atom stereocenters. The molecule has 1 aliphatic heterocycles. The maximum absolute atomic E-state index is 12.8. The first-order valence-electron chi connectivity index (χ1n) is 7.13. The van der Waals surface area contributed by atoms with Gasteiger partial charge in [0.05, 0.1) is 5.56 Å². The number of phenols is 1. The van der Waals surface area contributed by atoms with Crippen molar-refractivity contribution in [1.82, 2.24) is 4.90 Å². The summed E-state index contributed by atoms with van der Waals surface area (Å²) in [7, 11) is 2.03. The van der Waals surface area contributed by atoms with Crippen molar-refractivity contribution in [2.75, 3.05) is 25.0 Å². The zero-order chi connectivity index (χ0) is 15.7. The van der Waals surface area contributed by atoms with Crippen LogP contribution in [0, 0.1) is 0 Å². The fourth-order valence-corrected chi connectivity index (χ4v) is 3.08. The van der Waals surface area contributed by atoms with Crippen molar-refractivity contribution in [3.05, 3.63) is 58.1 Å². The monoisotopic (exact) mass is 360 g/mol. The minimum absolute atomic E-state index is 0.0130. The van der Waals surface area contributed by atoms with Crippen LogP contribution in [0.1, 0.15) is 15.9 Å². The summed E-state index contributed by atoms with van der Waals surface area (Å²) in [5.74, 6) is -0.136. The molecule has 1 N–H and O–H groups in total. The van der Waals surface area contributed by atoms with E-state index in [1.54, 1.807) is 17.0 Å². The van der Waals surface area contributed by atoms with Crippen LogP contribution in [0.5, 0.6) is 5.75 Å². The van der Waals surface area contributed by atoms with E-state index in [1.807, 2.05) is 25.2 Å². The molecule has 0 spiro atoms. The summed E-state index contributed by atoms with van der Waals surface area (Å²) in [5.41, 5.74) is 2.60. The van der Waals surface area contributed by atoms with Crippen LogP contribution in [0.15, 0.2) is 46.9 Å². The molecule has 0 saturated carbocycles. The molecule has 4 nitrogen and oxygen atoms in total. The van der Waals surface area contributed by atoms with E-state index in [4.69, 9.17) is 0 Å². The van der Waals surface area contributed by atoms with Gasteiger partial charge in [-0.05, 0) is 29.8 Å². The number of fused-ring (bicyclic) bond motifs is 1. The van der Waals surface area contributed by atoms with Crippen LogP contribution in [0.25, 0.3) is 0 Å². The van der Waals surface area contributed by atoms with Crippen molar-refractivity contribution >= 4 is 27.5 Å². The molecule has 22 heavy (non-hydrogen) atoms. The first kappa shape index (κ1) is 14.9. The van der Waals surface area contributed by atoms with Crippen molar-refractivity contribution in [3.63, 3.8) is 0 Å². The Morgan fingerprint density at radius 2 is 1.95 bits per heavy atom. The number of likely N-dealkylation sites (N-methyl/N-ethyl adjacent to an activating group) is 1. The second-order valence-corrected chi connectivity index (χ2v) is 6.35. The summed E-state index contributed by atoms with van der Waals surface area (Å²) >= 11 is 3.35. The highest BCUT2D eigenvalue weighted by molar-refractivity contribution is 9.10. The molecule has 1 aliphatic rings. The van der Waals surface area contributed by atoms with Crippen LogP contribution in [-0.4, -0.2) is 36.1 Å². The Morgan fingerprint density at radius 1 is 1.18 bits per heavy atom. The molecule has 0 aliphatic carbocycles. The Labute approximate surface area is 138 Å². The van der Waals surface area contributed by atoms with Crippen LogP contribution >= 0.6 is 15.9 Å². The summed E-state index contributed by atoms with van der Waals surface area (Å²) in [5, 5.41) is 9.97. The number of carbonyl (C=O) groups excluding carboxylic acids is 1. The van der Waals surface area contributed by atoms with E-state index in [-0.39, 0.29) is 11.7 Å². The van der Waals surface area contributed by atoms with Gasteiger partial charge < -0.3 is 14.9 Å². The van der Waals surface area contributed by atoms with Gasteiger partial charge in [-0.25, -0.2) is 0 Å². The van der Waals surface area contributed by atoms with Crippen LogP contribution in [0.2, 0.25) is 0 Å². The molecule has 0 atom stereocenters. The lowest BCUT2D eigenvalue weighted by Crippen LogP contribution is -2.34. The first-order valence-corrected chi connectivity index (χ1v) is 7.92. The van der Waals surface area contributed by atoms with Gasteiger partial charge in [0, 0.05) is 36.8 Å². The quantitative estimate of drug-likeness (QED) is 0.848. The lowest BCUT2D eigenvalue weighted by Gasteiger charge is -2.21. The molecule has 1 amide bonds. The van der Waals surface area contributed by atoms with E-state index in [0.29, 0.717) is 18.7 Å². The number of benzene rings is 2. The number of carbonyl (C=O) groups is 1. The van der Waals surface area contributed by atoms with Gasteiger partial charge in [-0.15, -0.1) is 0 Å². The Kier molecular flexibility index (Phi) is 4.07. The zero-order valence-corrected chi connectivity index (χ0v) is 13.9. The minimum Gasteiger partial charge on any atom is -0.507 e. The lowest BCUT2D eigenvalue weighted by molar-refractivity contribution is 0.0748. The molecule has 0 bridgehead atoms. The van der Waals surface area contributed by atoms with E-state index >= 15 is 0 Å². The fourth-order valence-electron chi connectivity index (χ4n) is 2.72. The van der Waals surface area contributed by atoms with Crippen LogP contribution < -0.4 is 4.90 Å². The number of amides is 1. The van der Waals surface area contributed by atoms with Gasteiger partial charge in [0.15, 0.2) is 0 Å². The molecule has 0 fully saturated rings. The number of anilines is 1. The summed E-state index contributed by atoms with van der Waals surface area (Å²) < 4.78 is 0.779. The average molecular weight is 361 g/mol. The largest absolute Gasteiger partial charge is 0.507 e. The molecule has 114 valence electrons. The Balaban J connectivity index is 1.93. The smallest absolute Gasteiger partial charge is 0.258 e. The number of halogens is 1. The molecular formula is C17H17BrN2O2. The van der Waals surface area contributed by atoms with Crippen molar-refractivity contribution in [3.8, 4) is 5.75 Å². The molecule has 1 heterocycles. The van der Waals surface area contributed by atoms with Gasteiger partial charge in [0.2, 0.25) is 0 Å². The van der Waals surface area contributed by atoms with Gasteiger partial charge in [0.1, 0.15) is 5.75 Å². The van der Waals surface area contributed by atoms with Crippen LogP contribution in [0.3, 0.4) is 0 Å². The summed E-state index contributed by atoms with van der Waals surface area (Å²) in [4.78, 5) is 16.7. The van der Waals surface area contributed by atoms with Gasteiger partial charge in [-0.2, -0.15) is 0 Å². The molecule has 0 radical (unpaired) electrons. The molecule has 5 heteroatoms. The predicted molar refractivity (Wildman–Crippen MR) is 90.3 cm³/mol. The van der Waals surface area contributed by atoms with Gasteiger partial charge >= 0.3 is 0 Å². The summed E-state index contributed by atoms with van der Waals surface area (Å²) in [6.45, 7) is 1.93. The van der Waals surface area contributed by atoms with Crippen LogP contribution in [0.4, 0.5) is 5.69 Å². The Morgan fingerprint density at radius 3 is 2.77 bits per heavy atom. The van der Waals surface area contributed by atoms with Gasteiger partial charge in [0.25, 0.3) is 5.91 Å². The maximum atomic E-state index is 12.8. The first-order chi connectivity index (χ1) is 10.6. The lowest BCUT2D eigenvalue weighted by atomic mass is 10.1. The van der Waals surface area contributed by atoms with E-state index in [1.165, 1.54) is 6.07 Å². The molecule has 0 aromatic heterocycles. The van der Waals surface area contributed by atoms with Gasteiger partial charge in [-0.1, -0.05) is 34.1 Å². The normalized spacial score (nSPS) is 14.5. The van der Waals surface area contributed by atoms with E-state index in [9.17, 15) is 9.90 Å². The standard InChI is InChI=1S/C17H17BrN2O2/c1-19-8-9-20(11-12-4-2-3-5-15(12)19)17(22)14-10-13(18)6-7-16(14)21/h2-7,10,21H,8-9,11H2,1H3. The Bertz CT molecular complexity index is 718. The SMILES string of the molecule is CN1CCN(C(=O)c2cc(Br)ccc2O)Cc2ccccc21. The van der Waals surface area contributed by atoms with Crippen molar-refractivity contribution in [1.29, 1.82) is 0 Å². The number of phenolic OH excluding ortho intramolecular Hbond substituents is 1. The maximum Gasteiger partial charge on any atom is 0.258 e. The van der Waals surface area contributed by atoms with Crippen molar-refractivity contribution in [2.24, 2.45) is 0 Å². The second kappa shape index (κ2) is 6.01. The molecular weight excluding hydrogens is 344 g/mol. The molecule has 3 rings (SSSR count). The summed E-state index contributed by atoms with van der Waals surface area (Å²) in [6, 6.07) is 13.0. The molecule has 2 aromatic rings. The van der Waals surface area contributed by atoms with Crippen molar-refractivity contribution < 1.29 is 9.90 Å². The summed E-state index contributed by atoms with van der Waals surface area (Å²) in [6.07, 6.45) is 0. The van der Waals surface area contributed by atoms with Crippen LogP contribution in [-0.2, 0) is 6.54 Å².